The Kier molecular flexibility index (Phi) is 6.87. The first kappa shape index (κ1) is 28.6. The molecule has 6 aromatic carbocycles. The maximum Gasteiger partial charge on any atom is 0.120 e. The van der Waals surface area contributed by atoms with Crippen LogP contribution >= 0.6 is 21.4 Å². The Balaban J connectivity index is 1.25. The van der Waals surface area contributed by atoms with Crippen LogP contribution in [0.25, 0.3) is 48.8 Å². The van der Waals surface area contributed by atoms with Crippen LogP contribution in [0.15, 0.2) is 129 Å². The quantitative estimate of drug-likeness (QED) is 0.172. The van der Waals surface area contributed by atoms with Crippen molar-refractivity contribution in [3.8, 4) is 22.6 Å². The second-order valence-electron chi connectivity index (χ2n) is 12.1. The third-order valence-corrected chi connectivity index (χ3v) is 14.0. The van der Waals surface area contributed by atoms with Crippen LogP contribution in [0, 0.1) is 0 Å². The standard InChI is InChI=1S/C41H32O4S2/c42-15-17-44-33-8-3-29-24-35(10-5-27(29)22-33)47(36-11-6-28-23-34(45-18-16-43)9-4-30(28)25-36)20-14-37-38(47)12-7-31-21-32-2-1-26-13-19-46-41(26)40(32)39(31)37/h1-14,19-20,22-25,42-43H,15-18,21H2. The van der Waals surface area contributed by atoms with Gasteiger partial charge in [-0.15, -0.1) is 21.4 Å². The van der Waals surface area contributed by atoms with Gasteiger partial charge in [-0.1, -0.05) is 42.5 Å². The van der Waals surface area contributed by atoms with Gasteiger partial charge in [-0.25, -0.2) is 0 Å². The predicted octanol–water partition coefficient (Wildman–Crippen LogP) is 9.79. The fourth-order valence-corrected chi connectivity index (χ4v) is 11.9. The molecule has 0 atom stereocenters. The maximum absolute atomic E-state index is 9.24. The van der Waals surface area contributed by atoms with Gasteiger partial charge in [0.1, 0.15) is 24.7 Å². The molecule has 6 heteroatoms. The summed E-state index contributed by atoms with van der Waals surface area (Å²) in [4.78, 5) is 3.96. The Morgan fingerprint density at radius 1 is 0.596 bits per heavy atom. The van der Waals surface area contributed by atoms with Gasteiger partial charge in [0, 0.05) is 24.9 Å². The highest BCUT2D eigenvalue weighted by molar-refractivity contribution is 8.36. The molecule has 4 nitrogen and oxygen atoms in total. The number of rotatable bonds is 8. The Hall–Kier alpha value is -4.59. The minimum absolute atomic E-state index is 0.0104. The third kappa shape index (κ3) is 4.51. The summed E-state index contributed by atoms with van der Waals surface area (Å²) in [5.74, 6) is 1.52. The molecule has 1 aliphatic carbocycles. The zero-order valence-electron chi connectivity index (χ0n) is 25.6. The van der Waals surface area contributed by atoms with Crippen LogP contribution in [0.3, 0.4) is 0 Å². The SMILES string of the molecule is OCCOc1ccc2cc(S3(c4ccc5cc(OCCO)ccc5c4)C=Cc4c3ccc3c4-c4c(ccc5ccsc45)C3)ccc2c1. The lowest BCUT2D eigenvalue weighted by Gasteiger charge is -2.37. The molecule has 0 saturated heterocycles. The fraction of sp³-hybridized carbons (Fsp3) is 0.122. The highest BCUT2D eigenvalue weighted by atomic mass is 32.3. The molecule has 0 radical (unpaired) electrons. The molecule has 232 valence electrons. The molecule has 0 unspecified atom stereocenters. The van der Waals surface area contributed by atoms with Gasteiger partial charge in [-0.05, 0) is 133 Å². The van der Waals surface area contributed by atoms with E-state index in [1.54, 1.807) is 0 Å². The molecule has 2 aliphatic rings. The Bertz CT molecular complexity index is 2300. The Morgan fingerprint density at radius 2 is 1.17 bits per heavy atom. The van der Waals surface area contributed by atoms with Crippen LogP contribution in [0.5, 0.6) is 11.5 Å². The molecule has 7 aromatic rings. The van der Waals surface area contributed by atoms with E-state index < -0.39 is 10.0 Å². The van der Waals surface area contributed by atoms with Crippen molar-refractivity contribution in [1.29, 1.82) is 0 Å². The Labute approximate surface area is 278 Å². The lowest BCUT2D eigenvalue weighted by Crippen LogP contribution is -2.02. The Morgan fingerprint density at radius 3 is 1.83 bits per heavy atom. The van der Waals surface area contributed by atoms with E-state index in [1.807, 2.05) is 23.5 Å². The molecule has 47 heavy (non-hydrogen) atoms. The number of thiophene rings is 1. The van der Waals surface area contributed by atoms with E-state index in [1.165, 1.54) is 52.6 Å². The smallest absolute Gasteiger partial charge is 0.120 e. The first-order valence-electron chi connectivity index (χ1n) is 15.9. The van der Waals surface area contributed by atoms with E-state index in [0.29, 0.717) is 0 Å². The zero-order chi connectivity index (χ0) is 31.5. The summed E-state index contributed by atoms with van der Waals surface area (Å²) in [5.41, 5.74) is 6.97. The van der Waals surface area contributed by atoms with Gasteiger partial charge in [-0.3, -0.25) is 0 Å². The van der Waals surface area contributed by atoms with Gasteiger partial charge in [-0.2, -0.15) is 0 Å². The first-order valence-corrected chi connectivity index (χ1v) is 18.5. The number of hydrogen-bond acceptors (Lipinski definition) is 5. The summed E-state index contributed by atoms with van der Waals surface area (Å²) in [6.07, 6.45) is 3.37. The van der Waals surface area contributed by atoms with Crippen molar-refractivity contribution in [3.63, 3.8) is 0 Å². The lowest BCUT2D eigenvalue weighted by molar-refractivity contribution is 0.201. The van der Waals surface area contributed by atoms with Gasteiger partial charge in [0.2, 0.25) is 0 Å². The van der Waals surface area contributed by atoms with Crippen molar-refractivity contribution in [2.45, 2.75) is 21.1 Å². The summed E-state index contributed by atoms with van der Waals surface area (Å²) in [6, 6.07) is 37.6. The van der Waals surface area contributed by atoms with Crippen molar-refractivity contribution < 1.29 is 19.7 Å². The maximum atomic E-state index is 9.24. The minimum atomic E-state index is -1.78. The number of aliphatic hydroxyl groups is 2. The fourth-order valence-electron chi connectivity index (χ4n) is 7.34. The molecular formula is C41H32O4S2. The van der Waals surface area contributed by atoms with Crippen molar-refractivity contribution in [2.75, 3.05) is 26.4 Å². The number of benzene rings is 6. The molecular weight excluding hydrogens is 621 g/mol. The molecule has 1 aromatic heterocycles. The summed E-state index contributed by atoms with van der Waals surface area (Å²) in [5, 5.41) is 29.0. The van der Waals surface area contributed by atoms with E-state index in [4.69, 9.17) is 9.47 Å². The highest BCUT2D eigenvalue weighted by Crippen LogP contribution is 2.74. The molecule has 2 heterocycles. The lowest BCUT2D eigenvalue weighted by atomic mass is 9.98. The van der Waals surface area contributed by atoms with Gasteiger partial charge >= 0.3 is 0 Å². The van der Waals surface area contributed by atoms with E-state index in [9.17, 15) is 10.2 Å². The van der Waals surface area contributed by atoms with Crippen LogP contribution in [-0.2, 0) is 6.42 Å². The van der Waals surface area contributed by atoms with Gasteiger partial charge in [0.15, 0.2) is 0 Å². The minimum Gasteiger partial charge on any atom is -0.491 e. The van der Waals surface area contributed by atoms with E-state index >= 15 is 0 Å². The summed E-state index contributed by atoms with van der Waals surface area (Å²) >= 11 is 1.84. The summed E-state index contributed by atoms with van der Waals surface area (Å²) in [6.45, 7) is 0.536. The molecule has 1 aliphatic heterocycles. The van der Waals surface area contributed by atoms with Crippen LogP contribution in [0.4, 0.5) is 0 Å². The van der Waals surface area contributed by atoms with Crippen molar-refractivity contribution >= 4 is 59.1 Å². The number of ether oxygens (including phenoxy) is 2. The van der Waals surface area contributed by atoms with E-state index in [2.05, 4.69) is 108 Å². The molecule has 0 spiro atoms. The topological polar surface area (TPSA) is 58.9 Å². The molecule has 0 bridgehead atoms. The number of fused-ring (bicyclic) bond motifs is 9. The zero-order valence-corrected chi connectivity index (χ0v) is 27.2. The van der Waals surface area contributed by atoms with Crippen molar-refractivity contribution in [1.82, 2.24) is 0 Å². The van der Waals surface area contributed by atoms with Crippen LogP contribution < -0.4 is 9.47 Å². The van der Waals surface area contributed by atoms with Crippen molar-refractivity contribution in [3.05, 3.63) is 131 Å². The average Bonchev–Trinajstić information content (AvgIpc) is 3.84. The average molecular weight is 653 g/mol. The van der Waals surface area contributed by atoms with Gasteiger partial charge in [0.05, 0.1) is 13.2 Å². The summed E-state index contributed by atoms with van der Waals surface area (Å²) < 4.78 is 12.8. The molecule has 2 N–H and O–H groups in total. The highest BCUT2D eigenvalue weighted by Gasteiger charge is 2.38. The first-order chi connectivity index (χ1) is 23.2. The third-order valence-electron chi connectivity index (χ3n) is 9.45. The number of hydrogen-bond donors (Lipinski definition) is 2. The largest absolute Gasteiger partial charge is 0.491 e. The second-order valence-corrected chi connectivity index (χ2v) is 16.0. The van der Waals surface area contributed by atoms with E-state index in [-0.39, 0.29) is 26.4 Å². The molecule has 0 saturated carbocycles. The number of aliphatic hydroxyl groups excluding tert-OH is 2. The molecule has 9 rings (SSSR count). The second kappa shape index (κ2) is 11.3. The van der Waals surface area contributed by atoms with Gasteiger partial charge < -0.3 is 19.7 Å². The monoisotopic (exact) mass is 652 g/mol. The van der Waals surface area contributed by atoms with Crippen molar-refractivity contribution in [2.24, 2.45) is 0 Å². The molecule has 0 amide bonds. The normalized spacial score (nSPS) is 14.8. The molecule has 0 fully saturated rings. The van der Waals surface area contributed by atoms with E-state index in [0.717, 1.165) is 39.5 Å². The van der Waals surface area contributed by atoms with Crippen LogP contribution in [-0.4, -0.2) is 36.6 Å². The van der Waals surface area contributed by atoms with Gasteiger partial charge in [0.25, 0.3) is 0 Å². The summed E-state index contributed by atoms with van der Waals surface area (Å²) in [7, 11) is -1.78. The predicted molar refractivity (Wildman–Crippen MR) is 195 cm³/mol. The van der Waals surface area contributed by atoms with Crippen LogP contribution in [0.1, 0.15) is 16.7 Å². The van der Waals surface area contributed by atoms with Crippen LogP contribution in [0.2, 0.25) is 0 Å².